The van der Waals surface area contributed by atoms with Gasteiger partial charge in [0, 0.05) is 21.7 Å². The van der Waals surface area contributed by atoms with Gasteiger partial charge in [-0.1, -0.05) is 47.5 Å². The summed E-state index contributed by atoms with van der Waals surface area (Å²) >= 11 is 0.962. The van der Waals surface area contributed by atoms with Gasteiger partial charge in [-0.05, 0) is 29.7 Å². The van der Waals surface area contributed by atoms with Crippen molar-refractivity contribution in [1.29, 1.82) is 0 Å². The van der Waals surface area contributed by atoms with Crippen LogP contribution in [0.3, 0.4) is 0 Å². The van der Waals surface area contributed by atoms with E-state index in [9.17, 15) is 0 Å². The molecular weight excluding hydrogens is 286 g/mol. The van der Waals surface area contributed by atoms with Crippen LogP contribution in [0.2, 0.25) is 0 Å². The maximum atomic E-state index is 8.35. The maximum Gasteiger partial charge on any atom is 0.0721 e. The molecule has 0 aliphatic heterocycles. The van der Waals surface area contributed by atoms with Gasteiger partial charge in [-0.3, -0.25) is 0 Å². The zero-order chi connectivity index (χ0) is 14.5. The molecule has 106 valence electrons. The van der Waals surface area contributed by atoms with Crippen LogP contribution in [0.1, 0.15) is 0 Å². The molecule has 0 saturated heterocycles. The number of benzene rings is 3. The summed E-state index contributed by atoms with van der Waals surface area (Å²) in [7, 11) is 0. The third kappa shape index (κ3) is 3.17. The lowest BCUT2D eigenvalue weighted by atomic mass is 10.1. The minimum Gasteiger partial charge on any atom is -0.355 e. The molecule has 0 bridgehead atoms. The Bertz CT molecular complexity index is 729. The summed E-state index contributed by atoms with van der Waals surface area (Å²) in [5.41, 5.74) is 1.97. The Morgan fingerprint density at radius 1 is 0.857 bits per heavy atom. The van der Waals surface area contributed by atoms with E-state index in [1.807, 2.05) is 66.7 Å². The predicted molar refractivity (Wildman–Crippen MR) is 84.3 cm³/mol. The van der Waals surface area contributed by atoms with E-state index in [1.165, 1.54) is 0 Å². The van der Waals surface area contributed by atoms with Crippen molar-refractivity contribution >= 4 is 34.2 Å². The molecular formula is C16H13NO3S. The number of nitrogens with one attached hydrogen (secondary N) is 1. The average molecular weight is 299 g/mol. The first-order valence-electron chi connectivity index (χ1n) is 6.37. The Balaban J connectivity index is 2.05. The molecule has 4 nitrogen and oxygen atoms in total. The number of para-hydroxylation sites is 1. The normalized spacial score (nSPS) is 10.7. The molecule has 0 fully saturated rings. The number of hydrogen-bond donors (Lipinski definition) is 2. The highest BCUT2D eigenvalue weighted by molar-refractivity contribution is 7.94. The summed E-state index contributed by atoms with van der Waals surface area (Å²) in [6.07, 6.45) is 0. The fourth-order valence-corrected chi connectivity index (χ4v) is 2.76. The lowest BCUT2D eigenvalue weighted by Crippen LogP contribution is -1.92. The Morgan fingerprint density at radius 2 is 1.62 bits per heavy atom. The van der Waals surface area contributed by atoms with Crippen molar-refractivity contribution in [2.75, 3.05) is 5.32 Å². The van der Waals surface area contributed by atoms with Gasteiger partial charge in [0.25, 0.3) is 0 Å². The van der Waals surface area contributed by atoms with E-state index in [0.29, 0.717) is 0 Å². The number of anilines is 2. The quantitative estimate of drug-likeness (QED) is 0.394. The lowest BCUT2D eigenvalue weighted by Gasteiger charge is -2.12. The molecule has 0 aliphatic carbocycles. The molecule has 0 aliphatic rings. The van der Waals surface area contributed by atoms with E-state index in [2.05, 4.69) is 14.7 Å². The molecule has 3 aromatic rings. The van der Waals surface area contributed by atoms with Gasteiger partial charge in [-0.2, -0.15) is 0 Å². The molecule has 0 aromatic heterocycles. The summed E-state index contributed by atoms with van der Waals surface area (Å²) in [6.45, 7) is 0. The van der Waals surface area contributed by atoms with Crippen LogP contribution in [0.25, 0.3) is 10.8 Å². The van der Waals surface area contributed by atoms with E-state index < -0.39 is 0 Å². The van der Waals surface area contributed by atoms with E-state index in [4.69, 9.17) is 5.26 Å². The second-order valence-corrected chi connectivity index (χ2v) is 5.12. The van der Waals surface area contributed by atoms with Crippen LogP contribution in [0.15, 0.2) is 71.6 Å². The molecule has 3 rings (SSSR count). The highest BCUT2D eigenvalue weighted by Gasteiger charge is 2.08. The van der Waals surface area contributed by atoms with Crippen molar-refractivity contribution in [2.45, 2.75) is 4.90 Å². The Labute approximate surface area is 126 Å². The molecule has 0 amide bonds. The van der Waals surface area contributed by atoms with Crippen LogP contribution < -0.4 is 5.32 Å². The van der Waals surface area contributed by atoms with Gasteiger partial charge in [0.05, 0.1) is 12.0 Å². The first-order valence-corrected chi connectivity index (χ1v) is 7.11. The molecule has 0 heterocycles. The van der Waals surface area contributed by atoms with Gasteiger partial charge in [0.1, 0.15) is 0 Å². The molecule has 0 spiro atoms. The summed E-state index contributed by atoms with van der Waals surface area (Å²) in [5, 5.41) is 17.5. The smallest absolute Gasteiger partial charge is 0.0721 e. The number of rotatable bonds is 5. The van der Waals surface area contributed by atoms with Crippen molar-refractivity contribution in [3.05, 3.63) is 66.7 Å². The standard InChI is InChI=1S/C16H13NO3S/c18-19-20-21-15-11-5-7-12-6-4-10-14(16(12)15)17-13-8-2-1-3-9-13/h1-11,17-18H. The van der Waals surface area contributed by atoms with E-state index in [-0.39, 0.29) is 0 Å². The van der Waals surface area contributed by atoms with Crippen LogP contribution in [0.5, 0.6) is 0 Å². The van der Waals surface area contributed by atoms with Crippen LogP contribution in [0.4, 0.5) is 11.4 Å². The van der Waals surface area contributed by atoms with Gasteiger partial charge in [0.15, 0.2) is 0 Å². The van der Waals surface area contributed by atoms with E-state index in [0.717, 1.165) is 39.1 Å². The molecule has 21 heavy (non-hydrogen) atoms. The highest BCUT2D eigenvalue weighted by atomic mass is 32.2. The minimum absolute atomic E-state index is 0.848. The first kappa shape index (κ1) is 13.9. The van der Waals surface area contributed by atoms with Crippen LogP contribution in [-0.2, 0) is 9.37 Å². The Morgan fingerprint density at radius 3 is 2.38 bits per heavy atom. The summed E-state index contributed by atoms with van der Waals surface area (Å²) in [5.74, 6) is 0. The van der Waals surface area contributed by atoms with Crippen molar-refractivity contribution in [3.8, 4) is 0 Å². The second kappa shape index (κ2) is 6.60. The minimum atomic E-state index is 0.848. The monoisotopic (exact) mass is 299 g/mol. The topological polar surface area (TPSA) is 50.7 Å². The van der Waals surface area contributed by atoms with Crippen LogP contribution in [0, 0.1) is 0 Å². The number of fused-ring (bicyclic) bond motifs is 1. The summed E-state index contributed by atoms with van der Waals surface area (Å²) < 4.78 is 4.58. The maximum absolute atomic E-state index is 8.35. The molecule has 5 heteroatoms. The Kier molecular flexibility index (Phi) is 4.37. The molecule has 0 unspecified atom stereocenters. The van der Waals surface area contributed by atoms with Gasteiger partial charge in [-0.25, -0.2) is 5.26 Å². The van der Waals surface area contributed by atoms with Crippen LogP contribution >= 0.6 is 12.0 Å². The lowest BCUT2D eigenvalue weighted by molar-refractivity contribution is -0.432. The zero-order valence-corrected chi connectivity index (χ0v) is 11.8. The zero-order valence-electron chi connectivity index (χ0n) is 11.0. The Hall–Kier alpha value is -2.05. The van der Waals surface area contributed by atoms with Crippen molar-refractivity contribution < 1.29 is 14.6 Å². The largest absolute Gasteiger partial charge is 0.355 e. The molecule has 2 N–H and O–H groups in total. The third-order valence-electron chi connectivity index (χ3n) is 3.07. The highest BCUT2D eigenvalue weighted by Crippen LogP contribution is 2.35. The molecule has 0 atom stereocenters. The van der Waals surface area contributed by atoms with Gasteiger partial charge >= 0.3 is 0 Å². The molecule has 3 aromatic carbocycles. The molecule has 0 radical (unpaired) electrons. The van der Waals surface area contributed by atoms with E-state index >= 15 is 0 Å². The van der Waals surface area contributed by atoms with Gasteiger partial charge in [0.2, 0.25) is 0 Å². The van der Waals surface area contributed by atoms with Gasteiger partial charge < -0.3 is 5.32 Å². The summed E-state index contributed by atoms with van der Waals surface area (Å²) in [4.78, 5) is 0.848. The van der Waals surface area contributed by atoms with Crippen molar-refractivity contribution in [1.82, 2.24) is 0 Å². The van der Waals surface area contributed by atoms with Crippen LogP contribution in [-0.4, -0.2) is 5.26 Å². The van der Waals surface area contributed by atoms with Crippen molar-refractivity contribution in [3.63, 3.8) is 0 Å². The fraction of sp³-hybridized carbons (Fsp3) is 0. The third-order valence-corrected chi connectivity index (χ3v) is 3.72. The summed E-state index contributed by atoms with van der Waals surface area (Å²) in [6, 6.07) is 21.8. The second-order valence-electron chi connectivity index (χ2n) is 4.38. The average Bonchev–Trinajstić information content (AvgIpc) is 2.54. The first-order chi connectivity index (χ1) is 10.4. The molecule has 0 saturated carbocycles. The number of hydrogen-bond acceptors (Lipinski definition) is 5. The SMILES string of the molecule is OOOSc1cccc2cccc(Nc3ccccc3)c12. The fourth-order valence-electron chi connectivity index (χ4n) is 2.21. The predicted octanol–water partition coefficient (Wildman–Crippen LogP) is 5.01. The van der Waals surface area contributed by atoms with E-state index in [1.54, 1.807) is 0 Å². The van der Waals surface area contributed by atoms with Gasteiger partial charge in [-0.15, -0.1) is 4.33 Å². The van der Waals surface area contributed by atoms with Crippen molar-refractivity contribution in [2.24, 2.45) is 0 Å².